The molecule has 2 aromatic rings. The van der Waals surface area contributed by atoms with Crippen molar-refractivity contribution in [3.05, 3.63) is 71.3 Å². The van der Waals surface area contributed by atoms with Crippen LogP contribution in [0.25, 0.3) is 0 Å². The zero-order chi connectivity index (χ0) is 17.7. The van der Waals surface area contributed by atoms with Crippen LogP contribution >= 0.6 is 0 Å². The van der Waals surface area contributed by atoms with Crippen LogP contribution in [0.4, 0.5) is 18.0 Å². The normalized spacial score (nSPS) is 13.9. The van der Waals surface area contributed by atoms with Gasteiger partial charge < -0.3 is 10.6 Å². The first-order chi connectivity index (χ1) is 11.3. The third-order valence-corrected chi connectivity index (χ3v) is 3.71. The van der Waals surface area contributed by atoms with Crippen LogP contribution in [0.15, 0.2) is 54.6 Å². The summed E-state index contributed by atoms with van der Waals surface area (Å²) in [5.41, 5.74) is 0.610. The number of nitrogens with one attached hydrogen (secondary N) is 2. The number of hydrogen-bond donors (Lipinski definition) is 2. The van der Waals surface area contributed by atoms with Crippen LogP contribution in [0.2, 0.25) is 0 Å². The molecule has 0 aliphatic carbocycles. The maximum absolute atomic E-state index is 12.8. The van der Waals surface area contributed by atoms with Gasteiger partial charge in [0, 0.05) is 0 Å². The molecule has 0 spiro atoms. The highest BCUT2D eigenvalue weighted by Crippen LogP contribution is 2.30. The van der Waals surface area contributed by atoms with Crippen molar-refractivity contribution in [3.63, 3.8) is 0 Å². The molecule has 2 rings (SSSR count). The number of alkyl halides is 3. The molecule has 0 aliphatic heterocycles. The Morgan fingerprint density at radius 1 is 0.875 bits per heavy atom. The van der Waals surface area contributed by atoms with Gasteiger partial charge >= 0.3 is 12.2 Å². The Hall–Kier alpha value is -2.50. The standard InChI is InChI=1S/C18H19F3N2O/c1-12(14-7-4-3-5-8-14)22-17(24)23-13(2)15-9-6-10-16(11-15)18(19,20)21/h3-13H,1-2H3,(H2,22,23,24). The van der Waals surface area contributed by atoms with Gasteiger partial charge in [-0.05, 0) is 37.1 Å². The van der Waals surface area contributed by atoms with E-state index in [1.54, 1.807) is 13.0 Å². The Morgan fingerprint density at radius 2 is 1.42 bits per heavy atom. The third-order valence-electron chi connectivity index (χ3n) is 3.71. The molecule has 0 bridgehead atoms. The van der Waals surface area contributed by atoms with Gasteiger partial charge in [0.15, 0.2) is 0 Å². The van der Waals surface area contributed by atoms with Gasteiger partial charge in [-0.2, -0.15) is 13.2 Å². The summed E-state index contributed by atoms with van der Waals surface area (Å²) < 4.78 is 38.3. The van der Waals surface area contributed by atoms with Crippen molar-refractivity contribution in [2.45, 2.75) is 32.1 Å². The van der Waals surface area contributed by atoms with E-state index in [1.165, 1.54) is 6.07 Å². The van der Waals surface area contributed by atoms with Crippen LogP contribution < -0.4 is 10.6 Å². The monoisotopic (exact) mass is 336 g/mol. The highest BCUT2D eigenvalue weighted by atomic mass is 19.4. The second-order valence-corrected chi connectivity index (χ2v) is 5.60. The topological polar surface area (TPSA) is 41.1 Å². The first kappa shape index (κ1) is 17.8. The Bertz CT molecular complexity index is 686. The predicted octanol–water partition coefficient (Wildman–Crippen LogP) is 4.83. The van der Waals surface area contributed by atoms with Crippen molar-refractivity contribution in [1.29, 1.82) is 0 Å². The van der Waals surface area contributed by atoms with E-state index in [9.17, 15) is 18.0 Å². The number of carbonyl (C=O) groups excluding carboxylic acids is 1. The highest BCUT2D eigenvalue weighted by Gasteiger charge is 2.30. The molecule has 3 nitrogen and oxygen atoms in total. The lowest BCUT2D eigenvalue weighted by Gasteiger charge is -2.19. The average molecular weight is 336 g/mol. The van der Waals surface area contributed by atoms with Crippen LogP contribution in [0.5, 0.6) is 0 Å². The SMILES string of the molecule is CC(NC(=O)NC(C)c1cccc(C(F)(F)F)c1)c1ccccc1. The van der Waals surface area contributed by atoms with Crippen LogP contribution in [0.1, 0.15) is 42.6 Å². The van der Waals surface area contributed by atoms with E-state index in [-0.39, 0.29) is 6.04 Å². The van der Waals surface area contributed by atoms with Gasteiger partial charge in [0.25, 0.3) is 0 Å². The number of halogens is 3. The fourth-order valence-electron chi connectivity index (χ4n) is 2.33. The Balaban J connectivity index is 1.99. The Morgan fingerprint density at radius 3 is 2.00 bits per heavy atom. The lowest BCUT2D eigenvalue weighted by atomic mass is 10.0. The largest absolute Gasteiger partial charge is 0.416 e. The van der Waals surface area contributed by atoms with Gasteiger partial charge in [-0.1, -0.05) is 42.5 Å². The summed E-state index contributed by atoms with van der Waals surface area (Å²) in [5.74, 6) is 0. The van der Waals surface area contributed by atoms with E-state index >= 15 is 0 Å². The average Bonchev–Trinajstić information content (AvgIpc) is 2.54. The van der Waals surface area contributed by atoms with E-state index in [0.29, 0.717) is 5.56 Å². The molecular weight excluding hydrogens is 317 g/mol. The molecular formula is C18H19F3N2O. The minimum absolute atomic E-state index is 0.208. The molecule has 0 radical (unpaired) electrons. The maximum atomic E-state index is 12.8. The fourth-order valence-corrected chi connectivity index (χ4v) is 2.33. The molecule has 128 valence electrons. The number of benzene rings is 2. The quantitative estimate of drug-likeness (QED) is 0.825. The summed E-state index contributed by atoms with van der Waals surface area (Å²) >= 11 is 0. The van der Waals surface area contributed by atoms with Crippen LogP contribution in [-0.2, 0) is 6.18 Å². The summed E-state index contributed by atoms with van der Waals surface area (Å²) in [6.07, 6.45) is -4.40. The number of rotatable bonds is 4. The number of hydrogen-bond acceptors (Lipinski definition) is 1. The summed E-state index contributed by atoms with van der Waals surface area (Å²) in [5, 5.41) is 5.43. The van der Waals surface area contributed by atoms with E-state index in [2.05, 4.69) is 10.6 Å². The molecule has 0 fully saturated rings. The van der Waals surface area contributed by atoms with Crippen molar-refractivity contribution in [1.82, 2.24) is 10.6 Å². The van der Waals surface area contributed by atoms with Crippen molar-refractivity contribution in [2.24, 2.45) is 0 Å². The van der Waals surface area contributed by atoms with Gasteiger partial charge in [0.2, 0.25) is 0 Å². The smallest absolute Gasteiger partial charge is 0.332 e. The maximum Gasteiger partial charge on any atom is 0.416 e. The van der Waals surface area contributed by atoms with Crippen molar-refractivity contribution in [3.8, 4) is 0 Å². The van der Waals surface area contributed by atoms with E-state index < -0.39 is 23.8 Å². The Labute approximate surface area is 138 Å². The second kappa shape index (κ2) is 7.38. The second-order valence-electron chi connectivity index (χ2n) is 5.60. The predicted molar refractivity (Wildman–Crippen MR) is 86.4 cm³/mol. The zero-order valence-corrected chi connectivity index (χ0v) is 13.4. The van der Waals surface area contributed by atoms with E-state index in [4.69, 9.17) is 0 Å². The number of urea groups is 1. The molecule has 6 heteroatoms. The molecule has 2 N–H and O–H groups in total. The molecule has 0 saturated heterocycles. The number of amides is 2. The minimum Gasteiger partial charge on any atom is -0.332 e. The molecule has 0 aromatic heterocycles. The molecule has 2 atom stereocenters. The van der Waals surface area contributed by atoms with Crippen LogP contribution in [-0.4, -0.2) is 6.03 Å². The zero-order valence-electron chi connectivity index (χ0n) is 13.4. The van der Waals surface area contributed by atoms with Crippen LogP contribution in [0.3, 0.4) is 0 Å². The van der Waals surface area contributed by atoms with Gasteiger partial charge in [-0.25, -0.2) is 4.79 Å². The molecule has 0 aliphatic rings. The van der Waals surface area contributed by atoms with Gasteiger partial charge in [-0.15, -0.1) is 0 Å². The highest BCUT2D eigenvalue weighted by molar-refractivity contribution is 5.75. The summed E-state index contributed by atoms with van der Waals surface area (Å²) in [6, 6.07) is 13.2. The van der Waals surface area contributed by atoms with Crippen molar-refractivity contribution in [2.75, 3.05) is 0 Å². The van der Waals surface area contributed by atoms with E-state index in [1.807, 2.05) is 37.3 Å². The van der Waals surface area contributed by atoms with E-state index in [0.717, 1.165) is 17.7 Å². The van der Waals surface area contributed by atoms with Crippen LogP contribution in [0, 0.1) is 0 Å². The molecule has 2 amide bonds. The molecule has 2 aromatic carbocycles. The fraction of sp³-hybridized carbons (Fsp3) is 0.278. The summed E-state index contributed by atoms with van der Waals surface area (Å²) in [4.78, 5) is 12.0. The van der Waals surface area contributed by atoms with Gasteiger partial charge in [0.05, 0.1) is 17.6 Å². The summed E-state index contributed by atoms with van der Waals surface area (Å²) in [7, 11) is 0. The first-order valence-electron chi connectivity index (χ1n) is 7.56. The first-order valence-corrected chi connectivity index (χ1v) is 7.56. The Kier molecular flexibility index (Phi) is 5.49. The lowest BCUT2D eigenvalue weighted by Crippen LogP contribution is -2.38. The summed E-state index contributed by atoms with van der Waals surface area (Å²) in [6.45, 7) is 3.48. The van der Waals surface area contributed by atoms with Crippen molar-refractivity contribution >= 4 is 6.03 Å². The van der Waals surface area contributed by atoms with Gasteiger partial charge in [-0.3, -0.25) is 0 Å². The minimum atomic E-state index is -4.40. The third kappa shape index (κ3) is 4.75. The molecule has 0 heterocycles. The molecule has 2 unspecified atom stereocenters. The molecule has 0 saturated carbocycles. The molecule has 24 heavy (non-hydrogen) atoms. The van der Waals surface area contributed by atoms with Crippen molar-refractivity contribution < 1.29 is 18.0 Å². The van der Waals surface area contributed by atoms with Gasteiger partial charge in [0.1, 0.15) is 0 Å². The number of carbonyl (C=O) groups is 1. The lowest BCUT2D eigenvalue weighted by molar-refractivity contribution is -0.137.